The van der Waals surface area contributed by atoms with Crippen LogP contribution >= 0.6 is 0 Å². The minimum Gasteiger partial charge on any atom is -0.340 e. The van der Waals surface area contributed by atoms with Gasteiger partial charge in [-0.3, -0.25) is 9.69 Å². The van der Waals surface area contributed by atoms with Crippen molar-refractivity contribution in [3.8, 4) is 12.1 Å². The Hall–Kier alpha value is -1.63. The summed E-state index contributed by atoms with van der Waals surface area (Å²) in [6.07, 6.45) is 4.09. The van der Waals surface area contributed by atoms with Gasteiger partial charge in [0.25, 0.3) is 0 Å². The number of carbonyl (C=O) groups is 1. The Morgan fingerprint density at radius 2 is 1.95 bits per heavy atom. The van der Waals surface area contributed by atoms with Crippen LogP contribution < -0.4 is 5.32 Å². The Kier molecular flexibility index (Phi) is 8.42. The fourth-order valence-electron chi connectivity index (χ4n) is 2.74. The molecule has 0 saturated carbocycles. The first kappa shape index (κ1) is 17.4. The first-order valence-corrected chi connectivity index (χ1v) is 7.63. The van der Waals surface area contributed by atoms with E-state index in [1.807, 2.05) is 7.05 Å². The van der Waals surface area contributed by atoms with Crippen LogP contribution in [0, 0.1) is 22.7 Å². The molecule has 0 radical (unpaired) electrons. The second kappa shape index (κ2) is 10.1. The zero-order valence-corrected chi connectivity index (χ0v) is 12.8. The molecule has 116 valence electrons. The maximum atomic E-state index is 12.4. The summed E-state index contributed by atoms with van der Waals surface area (Å²) in [5, 5.41) is 20.6. The van der Waals surface area contributed by atoms with E-state index in [9.17, 15) is 4.79 Å². The monoisotopic (exact) mass is 291 g/mol. The third kappa shape index (κ3) is 6.12. The van der Waals surface area contributed by atoms with Crippen molar-refractivity contribution in [3.63, 3.8) is 0 Å². The normalized spacial score (nSPS) is 18.7. The summed E-state index contributed by atoms with van der Waals surface area (Å²) < 4.78 is 0. The van der Waals surface area contributed by atoms with Crippen molar-refractivity contribution in [3.05, 3.63) is 0 Å². The SMILES string of the molecule is CNCC1CCCCN1CC(=O)N(CCC#N)CCC#N. The summed E-state index contributed by atoms with van der Waals surface area (Å²) in [5.74, 6) is 0.0310. The fraction of sp³-hybridized carbons (Fsp3) is 0.800. The highest BCUT2D eigenvalue weighted by molar-refractivity contribution is 5.78. The lowest BCUT2D eigenvalue weighted by atomic mass is 10.0. The number of likely N-dealkylation sites (tertiary alicyclic amines) is 1. The quantitative estimate of drug-likeness (QED) is 0.712. The molecule has 1 rings (SSSR count). The van der Waals surface area contributed by atoms with Gasteiger partial charge in [0.2, 0.25) is 5.91 Å². The maximum absolute atomic E-state index is 12.4. The lowest BCUT2D eigenvalue weighted by Crippen LogP contribution is -2.50. The number of nitrogens with one attached hydrogen (secondary N) is 1. The van der Waals surface area contributed by atoms with Crippen LogP contribution in [0.3, 0.4) is 0 Å². The van der Waals surface area contributed by atoms with Crippen molar-refractivity contribution in [2.75, 3.05) is 39.8 Å². The van der Waals surface area contributed by atoms with Gasteiger partial charge in [0, 0.05) is 25.7 Å². The van der Waals surface area contributed by atoms with E-state index in [2.05, 4.69) is 22.4 Å². The van der Waals surface area contributed by atoms with Crippen LogP contribution in [-0.4, -0.2) is 61.5 Å². The van der Waals surface area contributed by atoms with E-state index < -0.39 is 0 Å². The molecule has 21 heavy (non-hydrogen) atoms. The van der Waals surface area contributed by atoms with Crippen LogP contribution in [0.1, 0.15) is 32.1 Å². The predicted molar refractivity (Wildman–Crippen MR) is 80.2 cm³/mol. The minimum absolute atomic E-state index is 0.0310. The number of nitriles is 2. The summed E-state index contributed by atoms with van der Waals surface area (Å²) in [6, 6.07) is 4.53. The molecule has 6 heteroatoms. The number of hydrogen-bond acceptors (Lipinski definition) is 5. The van der Waals surface area contributed by atoms with Crippen LogP contribution in [-0.2, 0) is 4.79 Å². The predicted octanol–water partition coefficient (Wildman–Crippen LogP) is 0.716. The molecule has 1 aliphatic rings. The first-order chi connectivity index (χ1) is 10.2. The third-order valence-electron chi connectivity index (χ3n) is 3.87. The van der Waals surface area contributed by atoms with Crippen LogP contribution in [0.15, 0.2) is 0 Å². The van der Waals surface area contributed by atoms with E-state index in [1.165, 1.54) is 6.42 Å². The van der Waals surface area contributed by atoms with Crippen molar-refractivity contribution in [1.29, 1.82) is 10.5 Å². The molecular weight excluding hydrogens is 266 g/mol. The lowest BCUT2D eigenvalue weighted by Gasteiger charge is -2.36. The molecule has 1 unspecified atom stereocenters. The molecule has 1 atom stereocenters. The van der Waals surface area contributed by atoms with Crippen molar-refractivity contribution in [1.82, 2.24) is 15.1 Å². The molecule has 0 aromatic heterocycles. The van der Waals surface area contributed by atoms with Crippen LogP contribution in [0.4, 0.5) is 0 Å². The van der Waals surface area contributed by atoms with Crippen molar-refractivity contribution in [2.45, 2.75) is 38.1 Å². The minimum atomic E-state index is 0.0310. The van der Waals surface area contributed by atoms with Gasteiger partial charge in [-0.1, -0.05) is 6.42 Å². The van der Waals surface area contributed by atoms with Gasteiger partial charge in [-0.05, 0) is 26.4 Å². The number of piperidine rings is 1. The maximum Gasteiger partial charge on any atom is 0.236 e. The molecule has 0 aromatic rings. The summed E-state index contributed by atoms with van der Waals surface area (Å²) in [7, 11) is 1.93. The molecule has 1 aliphatic heterocycles. The van der Waals surface area contributed by atoms with Gasteiger partial charge in [-0.15, -0.1) is 0 Å². The second-order valence-corrected chi connectivity index (χ2v) is 5.37. The molecule has 1 saturated heterocycles. The van der Waals surface area contributed by atoms with E-state index in [1.54, 1.807) is 4.90 Å². The highest BCUT2D eigenvalue weighted by Gasteiger charge is 2.25. The molecule has 1 N–H and O–H groups in total. The molecule has 0 aromatic carbocycles. The Labute approximate surface area is 127 Å². The van der Waals surface area contributed by atoms with Gasteiger partial charge in [0.15, 0.2) is 0 Å². The Bertz CT molecular complexity index is 378. The highest BCUT2D eigenvalue weighted by Crippen LogP contribution is 2.16. The zero-order valence-electron chi connectivity index (χ0n) is 12.8. The Balaban J connectivity index is 2.56. The molecule has 6 nitrogen and oxygen atoms in total. The molecule has 0 aliphatic carbocycles. The lowest BCUT2D eigenvalue weighted by molar-refractivity contribution is -0.133. The van der Waals surface area contributed by atoms with Crippen molar-refractivity contribution in [2.24, 2.45) is 0 Å². The summed E-state index contributed by atoms with van der Waals surface area (Å²) in [5.41, 5.74) is 0. The average molecular weight is 291 g/mol. The molecule has 0 bridgehead atoms. The fourth-order valence-corrected chi connectivity index (χ4v) is 2.74. The number of hydrogen-bond donors (Lipinski definition) is 1. The standard InChI is InChI=1S/C15H25N5O/c1-18-12-14-6-2-3-9-20(14)13-15(21)19(10-4-7-16)11-5-8-17/h14,18H,2-6,9-13H2,1H3. The smallest absolute Gasteiger partial charge is 0.236 e. The van der Waals surface area contributed by atoms with Crippen molar-refractivity contribution >= 4 is 5.91 Å². The Morgan fingerprint density at radius 3 is 2.52 bits per heavy atom. The summed E-state index contributed by atoms with van der Waals surface area (Å²) >= 11 is 0. The average Bonchev–Trinajstić information content (AvgIpc) is 2.49. The third-order valence-corrected chi connectivity index (χ3v) is 3.87. The van der Waals surface area contributed by atoms with E-state index in [0.29, 0.717) is 38.5 Å². The van der Waals surface area contributed by atoms with Crippen LogP contribution in [0.2, 0.25) is 0 Å². The van der Waals surface area contributed by atoms with Gasteiger partial charge < -0.3 is 10.2 Å². The molecule has 1 heterocycles. The number of nitrogens with zero attached hydrogens (tertiary/aromatic N) is 4. The molecule has 0 spiro atoms. The number of likely N-dealkylation sites (N-methyl/N-ethyl adjacent to an activating group) is 1. The Morgan fingerprint density at radius 1 is 1.29 bits per heavy atom. The molecule has 1 fully saturated rings. The highest BCUT2D eigenvalue weighted by atomic mass is 16.2. The summed E-state index contributed by atoms with van der Waals surface area (Å²) in [4.78, 5) is 16.3. The van der Waals surface area contributed by atoms with Crippen LogP contribution in [0.5, 0.6) is 0 Å². The van der Waals surface area contributed by atoms with Crippen LogP contribution in [0.25, 0.3) is 0 Å². The van der Waals surface area contributed by atoms with Gasteiger partial charge >= 0.3 is 0 Å². The summed E-state index contributed by atoms with van der Waals surface area (Å²) in [6.45, 7) is 3.07. The van der Waals surface area contributed by atoms with E-state index in [-0.39, 0.29) is 5.91 Å². The largest absolute Gasteiger partial charge is 0.340 e. The van der Waals surface area contributed by atoms with E-state index >= 15 is 0 Å². The van der Waals surface area contributed by atoms with Gasteiger partial charge in [0.1, 0.15) is 0 Å². The van der Waals surface area contributed by atoms with Gasteiger partial charge in [-0.2, -0.15) is 10.5 Å². The van der Waals surface area contributed by atoms with Crippen molar-refractivity contribution < 1.29 is 4.79 Å². The van der Waals surface area contributed by atoms with E-state index in [0.717, 1.165) is 25.9 Å². The number of amides is 1. The van der Waals surface area contributed by atoms with Gasteiger partial charge in [0.05, 0.1) is 31.5 Å². The van der Waals surface area contributed by atoms with Gasteiger partial charge in [-0.25, -0.2) is 0 Å². The first-order valence-electron chi connectivity index (χ1n) is 7.63. The number of carbonyl (C=O) groups excluding carboxylic acids is 1. The molecular formula is C15H25N5O. The topological polar surface area (TPSA) is 83.2 Å². The number of rotatable bonds is 8. The van der Waals surface area contributed by atoms with E-state index in [4.69, 9.17) is 10.5 Å². The second-order valence-electron chi connectivity index (χ2n) is 5.37. The zero-order chi connectivity index (χ0) is 15.5. The molecule has 1 amide bonds.